The molecular formula is C13H11F3N4S. The zero-order chi connectivity index (χ0) is 15.0. The number of alkyl halides is 3. The summed E-state index contributed by atoms with van der Waals surface area (Å²) in [6, 6.07) is 5.20. The van der Waals surface area contributed by atoms with Crippen molar-refractivity contribution in [2.75, 3.05) is 7.05 Å². The van der Waals surface area contributed by atoms with Crippen molar-refractivity contribution in [3.8, 4) is 0 Å². The van der Waals surface area contributed by atoms with Crippen LogP contribution in [0.3, 0.4) is 0 Å². The van der Waals surface area contributed by atoms with Crippen molar-refractivity contribution in [3.63, 3.8) is 0 Å². The van der Waals surface area contributed by atoms with Crippen LogP contribution in [0, 0.1) is 0 Å². The fraction of sp³-hybridized carbons (Fsp3) is 0.231. The molecule has 4 nitrogen and oxygen atoms in total. The molecule has 0 aliphatic carbocycles. The normalized spacial score (nSPS) is 13.7. The van der Waals surface area contributed by atoms with E-state index in [9.17, 15) is 13.2 Å². The first-order valence-corrected chi connectivity index (χ1v) is 6.95. The smallest absolute Gasteiger partial charge is 0.308 e. The molecule has 0 amide bonds. The summed E-state index contributed by atoms with van der Waals surface area (Å²) in [7, 11) is 1.70. The summed E-state index contributed by atoms with van der Waals surface area (Å²) < 4.78 is 39.7. The van der Waals surface area contributed by atoms with E-state index in [4.69, 9.17) is 0 Å². The monoisotopic (exact) mass is 312 g/mol. The van der Waals surface area contributed by atoms with Crippen LogP contribution < -0.4 is 5.32 Å². The predicted molar refractivity (Wildman–Crippen MR) is 73.2 cm³/mol. The van der Waals surface area contributed by atoms with E-state index in [1.54, 1.807) is 24.0 Å². The van der Waals surface area contributed by atoms with E-state index in [1.165, 1.54) is 6.20 Å². The maximum absolute atomic E-state index is 12.7. The van der Waals surface area contributed by atoms with Gasteiger partial charge in [0.05, 0.1) is 17.8 Å². The predicted octanol–water partition coefficient (Wildman–Crippen LogP) is 3.12. The van der Waals surface area contributed by atoms with Gasteiger partial charge in [-0.2, -0.15) is 18.3 Å². The van der Waals surface area contributed by atoms with Gasteiger partial charge in [0, 0.05) is 22.8 Å². The molecule has 3 heterocycles. The zero-order valence-corrected chi connectivity index (χ0v) is 11.7. The van der Waals surface area contributed by atoms with E-state index in [1.807, 2.05) is 18.2 Å². The quantitative estimate of drug-likeness (QED) is 0.808. The molecule has 0 saturated carbocycles. The highest BCUT2D eigenvalue weighted by Gasteiger charge is 2.35. The van der Waals surface area contributed by atoms with Crippen LogP contribution >= 0.6 is 11.3 Å². The summed E-state index contributed by atoms with van der Waals surface area (Å²) >= 11 is 0.644. The maximum Gasteiger partial charge on any atom is 0.443 e. The van der Waals surface area contributed by atoms with Gasteiger partial charge in [0.25, 0.3) is 0 Å². The fourth-order valence-electron chi connectivity index (χ4n) is 2.18. The van der Waals surface area contributed by atoms with Gasteiger partial charge < -0.3 is 5.32 Å². The molecule has 0 spiro atoms. The SMILES string of the molecule is CNC(c1cnc(C(F)(F)F)s1)c1cnn2ccccc12. The van der Waals surface area contributed by atoms with Crippen LogP contribution in [0.5, 0.6) is 0 Å². The molecule has 1 N–H and O–H groups in total. The van der Waals surface area contributed by atoms with Crippen molar-refractivity contribution in [3.05, 3.63) is 52.2 Å². The Labute approximate surface area is 122 Å². The van der Waals surface area contributed by atoms with E-state index >= 15 is 0 Å². The first kappa shape index (κ1) is 14.0. The molecule has 8 heteroatoms. The van der Waals surface area contributed by atoms with Gasteiger partial charge in [-0.3, -0.25) is 0 Å². The number of rotatable bonds is 3. The van der Waals surface area contributed by atoms with Gasteiger partial charge in [-0.15, -0.1) is 11.3 Å². The molecule has 0 saturated heterocycles. The van der Waals surface area contributed by atoms with Crippen LogP contribution in [0.1, 0.15) is 21.5 Å². The summed E-state index contributed by atoms with van der Waals surface area (Å²) in [5.41, 5.74) is 1.66. The van der Waals surface area contributed by atoms with Gasteiger partial charge in [0.15, 0.2) is 5.01 Å². The zero-order valence-electron chi connectivity index (χ0n) is 10.9. The minimum atomic E-state index is -4.41. The van der Waals surface area contributed by atoms with Gasteiger partial charge >= 0.3 is 6.18 Å². The van der Waals surface area contributed by atoms with Crippen molar-refractivity contribution >= 4 is 16.9 Å². The Hall–Kier alpha value is -1.93. The number of aromatic nitrogens is 3. The highest BCUT2D eigenvalue weighted by molar-refractivity contribution is 7.11. The lowest BCUT2D eigenvalue weighted by Gasteiger charge is -2.12. The number of nitrogens with zero attached hydrogens (tertiary/aromatic N) is 3. The van der Waals surface area contributed by atoms with E-state index in [0.29, 0.717) is 16.2 Å². The number of halogens is 3. The number of fused-ring (bicyclic) bond motifs is 1. The Balaban J connectivity index is 2.04. The third-order valence-corrected chi connectivity index (χ3v) is 4.21. The van der Waals surface area contributed by atoms with Crippen LogP contribution in [0.15, 0.2) is 36.8 Å². The van der Waals surface area contributed by atoms with Crippen molar-refractivity contribution in [2.24, 2.45) is 0 Å². The van der Waals surface area contributed by atoms with Crippen LogP contribution in [-0.2, 0) is 6.18 Å². The molecule has 0 aliphatic heterocycles. The molecule has 1 atom stereocenters. The molecule has 0 fully saturated rings. The molecule has 3 rings (SSSR count). The Bertz CT molecular complexity index is 762. The maximum atomic E-state index is 12.7. The average Bonchev–Trinajstić information content (AvgIpc) is 3.07. The second-order valence-electron chi connectivity index (χ2n) is 4.42. The minimum absolute atomic E-state index is 0.376. The first-order valence-electron chi connectivity index (χ1n) is 6.13. The topological polar surface area (TPSA) is 42.2 Å². The molecule has 1 unspecified atom stereocenters. The van der Waals surface area contributed by atoms with E-state index in [-0.39, 0.29) is 6.04 Å². The largest absolute Gasteiger partial charge is 0.443 e. The Kier molecular flexibility index (Phi) is 3.42. The van der Waals surface area contributed by atoms with Crippen molar-refractivity contribution in [2.45, 2.75) is 12.2 Å². The fourth-order valence-corrected chi connectivity index (χ4v) is 3.09. The number of pyridine rings is 1. The van der Waals surface area contributed by atoms with Crippen molar-refractivity contribution in [1.29, 1.82) is 0 Å². The van der Waals surface area contributed by atoms with E-state index in [0.717, 1.165) is 11.1 Å². The number of hydrogen-bond donors (Lipinski definition) is 1. The van der Waals surface area contributed by atoms with E-state index in [2.05, 4.69) is 15.4 Å². The standard InChI is InChI=1S/C13H11F3N4S/c1-17-11(10-7-18-12(21-10)13(14,15)16)8-6-19-20-5-3-2-4-9(8)20/h2-7,11,17H,1H3. The lowest BCUT2D eigenvalue weighted by Crippen LogP contribution is -2.16. The van der Waals surface area contributed by atoms with Gasteiger partial charge in [-0.05, 0) is 19.2 Å². The number of thiazole rings is 1. The molecule has 0 bridgehead atoms. The summed E-state index contributed by atoms with van der Waals surface area (Å²) in [6.45, 7) is 0. The van der Waals surface area contributed by atoms with Gasteiger partial charge in [0.2, 0.25) is 0 Å². The summed E-state index contributed by atoms with van der Waals surface area (Å²) in [4.78, 5) is 3.98. The van der Waals surface area contributed by atoms with Gasteiger partial charge in [-0.1, -0.05) is 6.07 Å². The molecule has 21 heavy (non-hydrogen) atoms. The van der Waals surface area contributed by atoms with E-state index < -0.39 is 11.2 Å². The molecule has 110 valence electrons. The van der Waals surface area contributed by atoms with Gasteiger partial charge in [0.1, 0.15) is 0 Å². The highest BCUT2D eigenvalue weighted by atomic mass is 32.1. The highest BCUT2D eigenvalue weighted by Crippen LogP contribution is 2.36. The van der Waals surface area contributed by atoms with Crippen LogP contribution in [0.25, 0.3) is 5.52 Å². The molecule has 3 aromatic heterocycles. The minimum Gasteiger partial charge on any atom is -0.308 e. The van der Waals surface area contributed by atoms with Crippen LogP contribution in [0.4, 0.5) is 13.2 Å². The second kappa shape index (κ2) is 5.12. The van der Waals surface area contributed by atoms with Crippen molar-refractivity contribution < 1.29 is 13.2 Å². The Morgan fingerprint density at radius 1 is 1.29 bits per heavy atom. The summed E-state index contributed by atoms with van der Waals surface area (Å²) in [6.07, 6.45) is 0.298. The molecule has 3 aromatic rings. The number of hydrogen-bond acceptors (Lipinski definition) is 4. The molecule has 0 aromatic carbocycles. The molecule has 0 aliphatic rings. The average molecular weight is 312 g/mol. The third kappa shape index (κ3) is 2.52. The summed E-state index contributed by atoms with van der Waals surface area (Å²) in [5, 5.41) is 6.40. The van der Waals surface area contributed by atoms with Gasteiger partial charge in [-0.25, -0.2) is 9.50 Å². The van der Waals surface area contributed by atoms with Crippen LogP contribution in [0.2, 0.25) is 0 Å². The lowest BCUT2D eigenvalue weighted by molar-refractivity contribution is -0.137. The Morgan fingerprint density at radius 3 is 2.76 bits per heavy atom. The second-order valence-corrected chi connectivity index (χ2v) is 5.48. The third-order valence-electron chi connectivity index (χ3n) is 3.11. The molecular weight excluding hydrogens is 301 g/mol. The van der Waals surface area contributed by atoms with Crippen LogP contribution in [-0.4, -0.2) is 21.6 Å². The first-order chi connectivity index (χ1) is 10.0. The lowest BCUT2D eigenvalue weighted by atomic mass is 10.1. The molecule has 0 radical (unpaired) electrons. The summed E-state index contributed by atoms with van der Waals surface area (Å²) in [5.74, 6) is 0. The Morgan fingerprint density at radius 2 is 2.10 bits per heavy atom. The number of nitrogens with one attached hydrogen (secondary N) is 1. The van der Waals surface area contributed by atoms with Crippen molar-refractivity contribution in [1.82, 2.24) is 19.9 Å².